The van der Waals surface area contributed by atoms with Crippen LogP contribution in [0, 0.1) is 0 Å². The van der Waals surface area contributed by atoms with E-state index in [0.717, 1.165) is 0 Å². The molecule has 0 aromatic heterocycles. The largest absolute Gasteiger partial charge is 0.246 e. The molecule has 0 unspecified atom stereocenters. The van der Waals surface area contributed by atoms with Gasteiger partial charge in [-0.1, -0.05) is 19.7 Å². The minimum Gasteiger partial charge on any atom is -0.246 e. The monoisotopic (exact) mass is 250 g/mol. The van der Waals surface area contributed by atoms with Crippen LogP contribution in [0.3, 0.4) is 0 Å². The van der Waals surface area contributed by atoms with E-state index in [-0.39, 0.29) is 0 Å². The second-order valence-corrected chi connectivity index (χ2v) is 33.3. The lowest BCUT2D eigenvalue weighted by Crippen LogP contribution is -2.07. The van der Waals surface area contributed by atoms with Crippen LogP contribution in [0.15, 0.2) is 0 Å². The molecule has 12 heavy (non-hydrogen) atoms. The summed E-state index contributed by atoms with van der Waals surface area (Å²) in [7, 11) is 1.58. The molecule has 0 aliphatic rings. The Morgan fingerprint density at radius 3 is 0.750 bits per heavy atom. The van der Waals surface area contributed by atoms with E-state index in [1.165, 1.54) is 0 Å². The Bertz CT molecular complexity index is 138. The van der Waals surface area contributed by atoms with Gasteiger partial charge in [-0.25, -0.2) is 16.4 Å². The third-order valence-corrected chi connectivity index (χ3v) is 18.8. The fourth-order valence-corrected chi connectivity index (χ4v) is 21.6. The average molecular weight is 251 g/mol. The van der Waals surface area contributed by atoms with Crippen molar-refractivity contribution in [1.82, 2.24) is 0 Å². The molecule has 0 heterocycles. The van der Waals surface area contributed by atoms with Gasteiger partial charge >= 0.3 is 0 Å². The highest BCUT2D eigenvalue weighted by Gasteiger charge is 2.26. The zero-order valence-electron chi connectivity index (χ0n) is 9.71. The van der Waals surface area contributed by atoms with Gasteiger partial charge in [-0.2, -0.15) is 0 Å². The van der Waals surface area contributed by atoms with E-state index in [2.05, 4.69) is 69.7 Å². The van der Waals surface area contributed by atoms with E-state index < -0.39 is 16.4 Å². The quantitative estimate of drug-likeness (QED) is 0.582. The Balaban J connectivity index is 4.22. The summed E-state index contributed by atoms with van der Waals surface area (Å²) in [5.41, 5.74) is 0. The smallest absolute Gasteiger partial charge is 0.0403 e. The van der Waals surface area contributed by atoms with Crippen LogP contribution in [0.2, 0.25) is 0 Å². The summed E-state index contributed by atoms with van der Waals surface area (Å²) in [6, 6.07) is 0. The van der Waals surface area contributed by atoms with Crippen molar-refractivity contribution in [3.05, 3.63) is 0 Å². The first-order valence-electron chi connectivity index (χ1n) is 4.11. The molecule has 0 rings (SSSR count). The van der Waals surface area contributed by atoms with Gasteiger partial charge in [0.2, 0.25) is 0 Å². The molecular formula is C8H26S4. The summed E-state index contributed by atoms with van der Waals surface area (Å²) in [6.07, 6.45) is 19.4. The number of rotatable bonds is 3. The standard InChI is InChI=1S/C8H26S4/c1-11(2,3,4)9-10-12(5,6,7)8/h11-12H,1-8H3. The van der Waals surface area contributed by atoms with Crippen molar-refractivity contribution in [2.45, 2.75) is 0 Å². The minimum absolute atomic E-state index is 1.36. The molecule has 0 saturated heterocycles. The van der Waals surface area contributed by atoms with Crippen LogP contribution >= 0.6 is 36.0 Å². The topological polar surface area (TPSA) is 0 Å². The molecule has 0 spiro atoms. The third kappa shape index (κ3) is 11.4. The maximum absolute atomic E-state index is 2.42. The Hall–Kier alpha value is 1.40. The first-order valence-corrected chi connectivity index (χ1v) is 15.5. The molecule has 0 amide bonds. The Morgan fingerprint density at radius 2 is 0.667 bits per heavy atom. The molecule has 0 radical (unpaired) electrons. The predicted molar refractivity (Wildman–Crippen MR) is 80.5 cm³/mol. The van der Waals surface area contributed by atoms with E-state index in [1.807, 2.05) is 0 Å². The fourth-order valence-electron chi connectivity index (χ4n) is 0.267. The lowest BCUT2D eigenvalue weighted by molar-refractivity contribution is 2.01. The van der Waals surface area contributed by atoms with Gasteiger partial charge in [-0.3, -0.25) is 0 Å². The second kappa shape index (κ2) is 2.94. The van der Waals surface area contributed by atoms with Gasteiger partial charge in [0.1, 0.15) is 0 Å². The normalized spacial score (nSPS) is 20.7. The lowest BCUT2D eigenvalue weighted by atomic mass is 11.8. The molecule has 0 N–H and O–H groups in total. The number of hydrogen-bond acceptors (Lipinski definition) is 2. The Morgan fingerprint density at radius 1 is 0.500 bits per heavy atom. The molecule has 0 bridgehead atoms. The molecule has 0 aliphatic carbocycles. The van der Waals surface area contributed by atoms with Crippen LogP contribution in [0.4, 0.5) is 0 Å². The van der Waals surface area contributed by atoms with Gasteiger partial charge < -0.3 is 0 Å². The summed E-state index contributed by atoms with van der Waals surface area (Å²) >= 11 is 0. The molecule has 0 atom stereocenters. The molecule has 0 aliphatic heterocycles. The van der Waals surface area contributed by atoms with Crippen molar-refractivity contribution >= 4 is 36.0 Å². The van der Waals surface area contributed by atoms with Crippen LogP contribution in [0.5, 0.6) is 0 Å². The molecule has 0 fully saturated rings. The van der Waals surface area contributed by atoms with Crippen molar-refractivity contribution in [2.75, 3.05) is 50.0 Å². The molecule has 0 nitrogen and oxygen atoms in total. The Labute approximate surface area is 85.8 Å². The minimum atomic E-state index is -1.36. The first kappa shape index (κ1) is 13.4. The van der Waals surface area contributed by atoms with Crippen LogP contribution in [0.25, 0.3) is 0 Å². The van der Waals surface area contributed by atoms with Crippen molar-refractivity contribution in [1.29, 1.82) is 0 Å². The maximum Gasteiger partial charge on any atom is -0.0403 e. The highest BCUT2D eigenvalue weighted by molar-refractivity contribution is 9.41. The van der Waals surface area contributed by atoms with E-state index >= 15 is 0 Å². The maximum atomic E-state index is 2.42. The summed E-state index contributed by atoms with van der Waals surface area (Å²) < 4.78 is 0. The second-order valence-electron chi connectivity index (χ2n) is 6.98. The van der Waals surface area contributed by atoms with Gasteiger partial charge in [-0.05, 0) is 50.0 Å². The van der Waals surface area contributed by atoms with Gasteiger partial charge in [-0.15, -0.1) is 0 Å². The highest BCUT2D eigenvalue weighted by atomic mass is 33.7. The summed E-state index contributed by atoms with van der Waals surface area (Å²) in [5.74, 6) is 0. The first-order chi connectivity index (χ1) is 4.71. The van der Waals surface area contributed by atoms with Crippen LogP contribution in [-0.4, -0.2) is 50.0 Å². The summed E-state index contributed by atoms with van der Waals surface area (Å²) in [5, 5.41) is 0. The van der Waals surface area contributed by atoms with Gasteiger partial charge in [0.05, 0.1) is 0 Å². The lowest BCUT2D eigenvalue weighted by Gasteiger charge is -2.53. The third-order valence-electron chi connectivity index (χ3n) is 0.630. The molecule has 0 saturated carbocycles. The van der Waals surface area contributed by atoms with Crippen LogP contribution in [-0.2, 0) is 0 Å². The van der Waals surface area contributed by atoms with E-state index in [4.69, 9.17) is 0 Å². The highest BCUT2D eigenvalue weighted by Crippen LogP contribution is 2.83. The average Bonchev–Trinajstić information content (AvgIpc) is 1.53. The van der Waals surface area contributed by atoms with Gasteiger partial charge in [0, 0.05) is 0 Å². The fraction of sp³-hybridized carbons (Fsp3) is 1.00. The summed E-state index contributed by atoms with van der Waals surface area (Å²) in [6.45, 7) is 0. The van der Waals surface area contributed by atoms with E-state index in [9.17, 15) is 0 Å². The zero-order valence-corrected chi connectivity index (χ0v) is 13.1. The van der Waals surface area contributed by atoms with E-state index in [1.54, 1.807) is 0 Å². The van der Waals surface area contributed by atoms with Crippen LogP contribution < -0.4 is 0 Å². The number of thiol groups is 2. The zero-order chi connectivity index (χ0) is 10.3. The van der Waals surface area contributed by atoms with Crippen molar-refractivity contribution in [3.8, 4) is 0 Å². The van der Waals surface area contributed by atoms with E-state index in [0.29, 0.717) is 0 Å². The molecule has 0 aromatic rings. The SMILES string of the molecule is C[SH](C)(C)(C)SS[SH](C)(C)(C)C. The summed E-state index contributed by atoms with van der Waals surface area (Å²) in [4.78, 5) is 0. The van der Waals surface area contributed by atoms with Crippen molar-refractivity contribution < 1.29 is 0 Å². The van der Waals surface area contributed by atoms with Crippen molar-refractivity contribution in [3.63, 3.8) is 0 Å². The Kier molecular flexibility index (Phi) is 3.29. The predicted octanol–water partition coefficient (Wildman–Crippen LogP) is 3.38. The molecule has 82 valence electrons. The molecule has 0 aromatic carbocycles. The molecular weight excluding hydrogens is 224 g/mol. The van der Waals surface area contributed by atoms with Crippen molar-refractivity contribution in [2.24, 2.45) is 0 Å². The van der Waals surface area contributed by atoms with Gasteiger partial charge in [0.25, 0.3) is 0 Å². The van der Waals surface area contributed by atoms with Gasteiger partial charge in [0.15, 0.2) is 0 Å². The number of hydrogen-bond donors (Lipinski definition) is 2. The van der Waals surface area contributed by atoms with Crippen LogP contribution in [0.1, 0.15) is 0 Å². The molecule has 4 heteroatoms.